The summed E-state index contributed by atoms with van der Waals surface area (Å²) in [5, 5.41) is 42.9. The fourth-order valence-corrected chi connectivity index (χ4v) is 0.997. The molecule has 0 saturated carbocycles. The van der Waals surface area contributed by atoms with Gasteiger partial charge in [-0.15, -0.1) is 0 Å². The normalized spacial score (nSPS) is 12.9. The standard InChI is InChI=1S/C8H11NO8.Mn/c10-5(11)1-3(7(14)15)9-4(8(16)17)2-6(12)13;/h3-4,9H,1-2H2,(H,10,11)(H,12,13)(H,14,15)(H,16,17);/q;+4/p-4. The fourth-order valence-electron chi connectivity index (χ4n) is 0.997. The van der Waals surface area contributed by atoms with Crippen molar-refractivity contribution in [1.29, 1.82) is 0 Å². The van der Waals surface area contributed by atoms with Crippen LogP contribution in [0.25, 0.3) is 0 Å². The summed E-state index contributed by atoms with van der Waals surface area (Å²) in [5.41, 5.74) is 0. The molecule has 0 aromatic heterocycles. The van der Waals surface area contributed by atoms with E-state index in [2.05, 4.69) is 0 Å². The average molecular weight is 300 g/mol. The Bertz CT molecular complexity index is 312. The second-order valence-electron chi connectivity index (χ2n) is 3.06. The molecule has 9 nitrogen and oxygen atoms in total. The Labute approximate surface area is 111 Å². The number of carbonyl (C=O) groups excluding carboxylic acids is 4. The van der Waals surface area contributed by atoms with Crippen molar-refractivity contribution in [2.45, 2.75) is 24.9 Å². The molecule has 1 radical (unpaired) electrons. The summed E-state index contributed by atoms with van der Waals surface area (Å²) in [6.45, 7) is 0. The van der Waals surface area contributed by atoms with Gasteiger partial charge in [0.05, 0.1) is 24.0 Å². The molecule has 0 saturated heterocycles. The van der Waals surface area contributed by atoms with Crippen molar-refractivity contribution in [1.82, 2.24) is 5.32 Å². The Morgan fingerprint density at radius 1 is 0.778 bits per heavy atom. The van der Waals surface area contributed by atoms with E-state index in [4.69, 9.17) is 0 Å². The Morgan fingerprint density at radius 2 is 1.06 bits per heavy atom. The van der Waals surface area contributed by atoms with Gasteiger partial charge in [-0.1, -0.05) is 0 Å². The molecule has 0 aromatic rings. The van der Waals surface area contributed by atoms with Gasteiger partial charge < -0.3 is 44.9 Å². The first kappa shape index (κ1) is 18.7. The number of rotatable bonds is 8. The molecule has 0 bridgehead atoms. The summed E-state index contributed by atoms with van der Waals surface area (Å²) >= 11 is 0. The van der Waals surface area contributed by atoms with Crippen molar-refractivity contribution in [2.75, 3.05) is 0 Å². The number of carbonyl (C=O) groups is 4. The summed E-state index contributed by atoms with van der Waals surface area (Å²) in [6, 6.07) is -3.80. The van der Waals surface area contributed by atoms with Crippen molar-refractivity contribution in [2.24, 2.45) is 0 Å². The van der Waals surface area contributed by atoms with Crippen molar-refractivity contribution in [3.63, 3.8) is 0 Å². The first-order valence-electron chi connectivity index (χ1n) is 4.31. The van der Waals surface area contributed by atoms with Gasteiger partial charge >= 0.3 is 17.1 Å². The molecule has 0 rings (SSSR count). The second-order valence-corrected chi connectivity index (χ2v) is 3.06. The third-order valence-corrected chi connectivity index (χ3v) is 1.71. The van der Waals surface area contributed by atoms with Crippen LogP contribution in [0.2, 0.25) is 0 Å². The quantitative estimate of drug-likeness (QED) is 0.427. The van der Waals surface area contributed by atoms with Gasteiger partial charge in [-0.2, -0.15) is 0 Å². The van der Waals surface area contributed by atoms with Crippen LogP contribution in [0.5, 0.6) is 0 Å². The maximum Gasteiger partial charge on any atom is 4.00 e. The number of aliphatic carboxylic acids is 4. The van der Waals surface area contributed by atoms with Gasteiger partial charge in [-0.25, -0.2) is 0 Å². The Kier molecular flexibility index (Phi) is 8.79. The smallest absolute Gasteiger partial charge is 0.550 e. The molecule has 2 unspecified atom stereocenters. The Balaban J connectivity index is 0. The number of hydrogen-bond acceptors (Lipinski definition) is 9. The molecule has 0 aromatic carbocycles. The van der Waals surface area contributed by atoms with Crippen LogP contribution in [0.3, 0.4) is 0 Å². The van der Waals surface area contributed by atoms with Crippen LogP contribution in [0.1, 0.15) is 12.8 Å². The van der Waals surface area contributed by atoms with E-state index in [1.807, 2.05) is 0 Å². The molecule has 0 spiro atoms. The second kappa shape index (κ2) is 8.45. The molecule has 2 atom stereocenters. The summed E-state index contributed by atoms with van der Waals surface area (Å²) in [6.07, 6.45) is -2.14. The van der Waals surface area contributed by atoms with Crippen LogP contribution >= 0.6 is 0 Å². The number of hydrogen-bond donors (Lipinski definition) is 1. The van der Waals surface area contributed by atoms with Crippen LogP contribution in [0.4, 0.5) is 0 Å². The topological polar surface area (TPSA) is 173 Å². The van der Waals surface area contributed by atoms with E-state index in [0.29, 0.717) is 0 Å². The van der Waals surface area contributed by atoms with Crippen LogP contribution in [-0.4, -0.2) is 36.0 Å². The maximum absolute atomic E-state index is 10.4. The largest absolute Gasteiger partial charge is 4.00 e. The van der Waals surface area contributed by atoms with Gasteiger partial charge in [0.1, 0.15) is 0 Å². The molecule has 0 aliphatic heterocycles. The van der Waals surface area contributed by atoms with E-state index in [1.54, 1.807) is 5.32 Å². The van der Waals surface area contributed by atoms with Gasteiger partial charge in [0.15, 0.2) is 0 Å². The Morgan fingerprint density at radius 3 is 1.22 bits per heavy atom. The summed E-state index contributed by atoms with van der Waals surface area (Å²) in [4.78, 5) is 41.2. The van der Waals surface area contributed by atoms with E-state index in [-0.39, 0.29) is 17.1 Å². The predicted octanol–water partition coefficient (Wildman–Crippen LogP) is -6.91. The first-order valence-corrected chi connectivity index (χ1v) is 4.31. The van der Waals surface area contributed by atoms with Crippen molar-refractivity contribution in [3.8, 4) is 0 Å². The van der Waals surface area contributed by atoms with Crippen LogP contribution in [0.15, 0.2) is 0 Å². The summed E-state index contributed by atoms with van der Waals surface area (Å²) in [5.74, 6) is -7.34. The molecule has 0 heterocycles. The SMILES string of the molecule is O=C([O-])CC(NC(CC(=O)[O-])C(=O)[O-])C(=O)[O-].[Mn+4]. The van der Waals surface area contributed by atoms with Gasteiger partial charge in [0, 0.05) is 24.8 Å². The van der Waals surface area contributed by atoms with Crippen LogP contribution < -0.4 is 25.7 Å². The molecule has 1 N–H and O–H groups in total. The minimum atomic E-state index is -1.90. The van der Waals surface area contributed by atoms with Crippen molar-refractivity contribution < 1.29 is 56.7 Å². The first-order chi connectivity index (χ1) is 7.73. The molecule has 0 amide bonds. The molecule has 18 heavy (non-hydrogen) atoms. The molecular formula is C8H7MnNO8. The predicted molar refractivity (Wildman–Crippen MR) is 40.0 cm³/mol. The van der Waals surface area contributed by atoms with E-state index in [9.17, 15) is 39.6 Å². The van der Waals surface area contributed by atoms with Crippen molar-refractivity contribution in [3.05, 3.63) is 0 Å². The zero-order valence-corrected chi connectivity index (χ0v) is 9.89. The van der Waals surface area contributed by atoms with E-state index >= 15 is 0 Å². The average Bonchev–Trinajstić information content (AvgIpc) is 2.13. The summed E-state index contributed by atoms with van der Waals surface area (Å²) in [7, 11) is 0. The van der Waals surface area contributed by atoms with Crippen molar-refractivity contribution >= 4 is 23.9 Å². The number of nitrogens with one attached hydrogen (secondary N) is 1. The molecule has 10 heteroatoms. The van der Waals surface area contributed by atoms with Gasteiger partial charge in [-0.3, -0.25) is 0 Å². The van der Waals surface area contributed by atoms with E-state index in [1.165, 1.54) is 0 Å². The zero-order valence-electron chi connectivity index (χ0n) is 8.71. The summed E-state index contributed by atoms with van der Waals surface area (Å²) < 4.78 is 0. The maximum atomic E-state index is 10.4. The third kappa shape index (κ3) is 7.60. The molecule has 99 valence electrons. The number of carboxylic acids is 4. The van der Waals surface area contributed by atoms with E-state index < -0.39 is 48.8 Å². The van der Waals surface area contributed by atoms with Gasteiger partial charge in [-0.05, 0) is 0 Å². The van der Waals surface area contributed by atoms with Gasteiger partial charge in [0.2, 0.25) is 0 Å². The molecular weight excluding hydrogens is 293 g/mol. The molecule has 0 aliphatic rings. The van der Waals surface area contributed by atoms with Crippen LogP contribution in [-0.2, 0) is 36.2 Å². The third-order valence-electron chi connectivity index (χ3n) is 1.71. The monoisotopic (exact) mass is 300 g/mol. The zero-order chi connectivity index (χ0) is 13.6. The van der Waals surface area contributed by atoms with Crippen LogP contribution in [0, 0.1) is 0 Å². The minimum absolute atomic E-state index is 0. The molecule has 0 aliphatic carbocycles. The minimum Gasteiger partial charge on any atom is -0.550 e. The van der Waals surface area contributed by atoms with Gasteiger partial charge in [0.25, 0.3) is 0 Å². The van der Waals surface area contributed by atoms with E-state index in [0.717, 1.165) is 0 Å². The fraction of sp³-hybridized carbons (Fsp3) is 0.500. The Hall–Kier alpha value is -1.64. The number of carboxylic acid groups (broad SMARTS) is 4. The molecule has 0 fully saturated rings.